The lowest BCUT2D eigenvalue weighted by molar-refractivity contribution is -0.145. The largest absolute Gasteiger partial charge is 0.453 e. The number of fused-ring (bicyclic) bond motifs is 1. The first-order valence-corrected chi connectivity index (χ1v) is 14.1. The summed E-state index contributed by atoms with van der Waals surface area (Å²) in [6, 6.07) is 3.87. The number of imide groups is 1. The second-order valence-electron chi connectivity index (χ2n) is 10.9. The van der Waals surface area contributed by atoms with Crippen LogP contribution in [-0.2, 0) is 14.3 Å². The molecule has 0 bridgehead atoms. The number of aromatic nitrogens is 1. The molecule has 5 heterocycles. The number of aryl methyl sites for hydroxylation is 1. The van der Waals surface area contributed by atoms with Crippen LogP contribution in [0.25, 0.3) is 10.2 Å². The SMILES string of the molecule is COC(=O)Nc1sc2nc(C)ccc2c1C(=O)N1CCC(N2CCCC3(CC(=O)N(C(C)C)C3=O)C2)CC1. The molecule has 3 fully saturated rings. The molecule has 0 saturated carbocycles. The van der Waals surface area contributed by atoms with Crippen LogP contribution in [0.5, 0.6) is 0 Å². The third-order valence-corrected chi connectivity index (χ3v) is 9.15. The third-order valence-electron chi connectivity index (χ3n) is 8.13. The molecular formula is C27H35N5O5S. The van der Waals surface area contributed by atoms with Gasteiger partial charge in [-0.05, 0) is 65.1 Å². The zero-order valence-corrected chi connectivity index (χ0v) is 23.2. The van der Waals surface area contributed by atoms with Gasteiger partial charge in [0.15, 0.2) is 0 Å². The number of nitrogens with zero attached hydrogens (tertiary/aromatic N) is 4. The van der Waals surface area contributed by atoms with Crippen molar-refractivity contribution in [3.63, 3.8) is 0 Å². The molecule has 11 heteroatoms. The lowest BCUT2D eigenvalue weighted by Crippen LogP contribution is -2.54. The summed E-state index contributed by atoms with van der Waals surface area (Å²) in [4.78, 5) is 62.5. The predicted octanol–water partition coefficient (Wildman–Crippen LogP) is 3.64. The fraction of sp³-hybridized carbons (Fsp3) is 0.593. The van der Waals surface area contributed by atoms with Gasteiger partial charge in [-0.2, -0.15) is 0 Å². The normalized spacial score (nSPS) is 23.2. The van der Waals surface area contributed by atoms with E-state index >= 15 is 0 Å². The summed E-state index contributed by atoms with van der Waals surface area (Å²) in [5.74, 6) is -0.212. The van der Waals surface area contributed by atoms with Gasteiger partial charge in [0, 0.05) is 49.2 Å². The van der Waals surface area contributed by atoms with Crippen molar-refractivity contribution in [2.24, 2.45) is 5.41 Å². The lowest BCUT2D eigenvalue weighted by Gasteiger charge is -2.45. The first-order chi connectivity index (χ1) is 18.1. The first-order valence-electron chi connectivity index (χ1n) is 13.3. The van der Waals surface area contributed by atoms with Gasteiger partial charge in [-0.15, -0.1) is 0 Å². The fourth-order valence-electron chi connectivity index (χ4n) is 6.25. The van der Waals surface area contributed by atoms with Crippen LogP contribution in [0.15, 0.2) is 12.1 Å². The number of methoxy groups -OCH3 is 1. The maximum absolute atomic E-state index is 13.7. The Bertz CT molecular complexity index is 1280. The highest BCUT2D eigenvalue weighted by Crippen LogP contribution is 2.43. The number of amides is 4. The minimum atomic E-state index is -0.629. The van der Waals surface area contributed by atoms with Crippen LogP contribution in [0.2, 0.25) is 0 Å². The Morgan fingerprint density at radius 1 is 1.18 bits per heavy atom. The molecule has 5 rings (SSSR count). The van der Waals surface area contributed by atoms with E-state index < -0.39 is 11.5 Å². The zero-order chi connectivity index (χ0) is 27.2. The quantitative estimate of drug-likeness (QED) is 0.588. The topological polar surface area (TPSA) is 112 Å². The van der Waals surface area contributed by atoms with E-state index in [4.69, 9.17) is 4.74 Å². The van der Waals surface area contributed by atoms with Crippen molar-refractivity contribution in [3.05, 3.63) is 23.4 Å². The van der Waals surface area contributed by atoms with E-state index in [0.29, 0.717) is 41.5 Å². The molecule has 2 aromatic rings. The number of pyridine rings is 1. The molecule has 3 saturated heterocycles. The van der Waals surface area contributed by atoms with Gasteiger partial charge in [-0.1, -0.05) is 11.3 Å². The van der Waals surface area contributed by atoms with E-state index in [1.54, 1.807) is 0 Å². The van der Waals surface area contributed by atoms with Crippen molar-refractivity contribution in [1.82, 2.24) is 19.7 Å². The summed E-state index contributed by atoms with van der Waals surface area (Å²) < 4.78 is 4.77. The summed E-state index contributed by atoms with van der Waals surface area (Å²) >= 11 is 1.27. The molecule has 4 amide bonds. The summed E-state index contributed by atoms with van der Waals surface area (Å²) in [7, 11) is 1.29. The van der Waals surface area contributed by atoms with Gasteiger partial charge in [0.25, 0.3) is 5.91 Å². The van der Waals surface area contributed by atoms with E-state index in [-0.39, 0.29) is 29.8 Å². The van der Waals surface area contributed by atoms with Gasteiger partial charge >= 0.3 is 6.09 Å². The molecule has 10 nitrogen and oxygen atoms in total. The number of hydrogen-bond acceptors (Lipinski definition) is 8. The Hall–Kier alpha value is -3.05. The number of carbonyl (C=O) groups excluding carboxylic acids is 4. The van der Waals surface area contributed by atoms with Crippen LogP contribution < -0.4 is 5.32 Å². The summed E-state index contributed by atoms with van der Waals surface area (Å²) in [6.45, 7) is 8.32. The van der Waals surface area contributed by atoms with E-state index in [1.165, 1.54) is 23.3 Å². The van der Waals surface area contributed by atoms with E-state index in [1.807, 2.05) is 37.8 Å². The average Bonchev–Trinajstić information content (AvgIpc) is 3.35. The number of anilines is 1. The van der Waals surface area contributed by atoms with Gasteiger partial charge in [-0.3, -0.25) is 29.5 Å². The second kappa shape index (κ2) is 10.3. The molecule has 3 aliphatic heterocycles. The average molecular weight is 542 g/mol. The maximum atomic E-state index is 13.7. The number of piperidine rings is 2. The summed E-state index contributed by atoms with van der Waals surface area (Å²) in [6.07, 6.45) is 2.89. The second-order valence-corrected chi connectivity index (χ2v) is 11.9. The zero-order valence-electron chi connectivity index (χ0n) is 22.4. The minimum absolute atomic E-state index is 0.0198. The van der Waals surface area contributed by atoms with Crippen molar-refractivity contribution >= 4 is 50.4 Å². The third kappa shape index (κ3) is 4.66. The van der Waals surface area contributed by atoms with Gasteiger partial charge in [0.2, 0.25) is 11.8 Å². The number of carbonyl (C=O) groups is 4. The number of rotatable bonds is 4. The molecule has 0 radical (unpaired) electrons. The van der Waals surface area contributed by atoms with Crippen molar-refractivity contribution in [2.75, 3.05) is 38.6 Å². The smallest absolute Gasteiger partial charge is 0.411 e. The lowest BCUT2D eigenvalue weighted by atomic mass is 9.77. The fourth-order valence-corrected chi connectivity index (χ4v) is 7.34. The molecule has 2 aromatic heterocycles. The van der Waals surface area contributed by atoms with Gasteiger partial charge < -0.3 is 9.64 Å². The van der Waals surface area contributed by atoms with Crippen LogP contribution in [0.3, 0.4) is 0 Å². The standard InChI is InChI=1S/C27H35N5O5S/c1-16(2)32-20(33)14-27(25(32)35)10-5-11-31(15-27)18-8-12-30(13-9-18)24(34)21-19-7-6-17(3)28-22(19)38-23(21)29-26(36)37-4/h6-7,16,18H,5,8-15H2,1-4H3,(H,29,36). The number of ether oxygens (including phenoxy) is 1. The van der Waals surface area contributed by atoms with Crippen molar-refractivity contribution in [1.29, 1.82) is 0 Å². The Morgan fingerprint density at radius 3 is 2.58 bits per heavy atom. The molecular weight excluding hydrogens is 506 g/mol. The van der Waals surface area contributed by atoms with Gasteiger partial charge in [-0.25, -0.2) is 9.78 Å². The molecule has 0 aromatic carbocycles. The van der Waals surface area contributed by atoms with Crippen LogP contribution >= 0.6 is 11.3 Å². The first kappa shape index (κ1) is 26.6. The predicted molar refractivity (Wildman–Crippen MR) is 144 cm³/mol. The molecule has 38 heavy (non-hydrogen) atoms. The van der Waals surface area contributed by atoms with Crippen LogP contribution in [0.1, 0.15) is 62.0 Å². The number of thiophene rings is 1. The Balaban J connectivity index is 1.29. The maximum Gasteiger partial charge on any atom is 0.411 e. The van der Waals surface area contributed by atoms with Crippen LogP contribution in [0.4, 0.5) is 9.80 Å². The highest BCUT2D eigenvalue weighted by Gasteiger charge is 2.54. The van der Waals surface area contributed by atoms with Crippen LogP contribution in [0, 0.1) is 12.3 Å². The Morgan fingerprint density at radius 2 is 1.92 bits per heavy atom. The molecule has 1 unspecified atom stereocenters. The number of hydrogen-bond donors (Lipinski definition) is 1. The highest BCUT2D eigenvalue weighted by molar-refractivity contribution is 7.23. The molecule has 0 aliphatic carbocycles. The molecule has 1 atom stereocenters. The minimum Gasteiger partial charge on any atom is -0.453 e. The molecule has 204 valence electrons. The van der Waals surface area contributed by atoms with Gasteiger partial charge in [0.05, 0.1) is 18.1 Å². The van der Waals surface area contributed by atoms with Crippen LogP contribution in [-0.4, -0.2) is 88.9 Å². The molecule has 1 N–H and O–H groups in total. The number of nitrogens with one attached hydrogen (secondary N) is 1. The van der Waals surface area contributed by atoms with E-state index in [2.05, 4.69) is 15.2 Å². The van der Waals surface area contributed by atoms with Gasteiger partial charge in [0.1, 0.15) is 9.83 Å². The van der Waals surface area contributed by atoms with E-state index in [9.17, 15) is 19.2 Å². The monoisotopic (exact) mass is 541 g/mol. The summed E-state index contributed by atoms with van der Waals surface area (Å²) in [5, 5.41) is 3.85. The summed E-state index contributed by atoms with van der Waals surface area (Å²) in [5.41, 5.74) is 0.672. The van der Waals surface area contributed by atoms with Crippen molar-refractivity contribution in [2.45, 2.75) is 65.0 Å². The molecule has 1 spiro atoms. The van der Waals surface area contributed by atoms with Crippen molar-refractivity contribution < 1.29 is 23.9 Å². The Kier molecular flexibility index (Phi) is 7.17. The highest BCUT2D eigenvalue weighted by atomic mass is 32.1. The van der Waals surface area contributed by atoms with E-state index in [0.717, 1.165) is 43.3 Å². The Labute approximate surface area is 226 Å². The van der Waals surface area contributed by atoms with Crippen molar-refractivity contribution in [3.8, 4) is 0 Å². The molecule has 3 aliphatic rings. The number of likely N-dealkylation sites (tertiary alicyclic amines) is 3.